The molecule has 0 saturated carbocycles. The number of carboxylic acids is 1. The Morgan fingerprint density at radius 3 is 2.57 bits per heavy atom. The molecule has 0 aliphatic carbocycles. The molecule has 0 heterocycles. The van der Waals surface area contributed by atoms with E-state index in [9.17, 15) is 18.0 Å². The quantitative estimate of drug-likeness (QED) is 0.575. The normalized spacial score (nSPS) is 10.9. The third-order valence-electron chi connectivity index (χ3n) is 2.34. The lowest BCUT2D eigenvalue weighted by molar-refractivity contribution is -0.134. The summed E-state index contributed by atoms with van der Waals surface area (Å²) in [5.74, 6) is -3.04. The van der Waals surface area contributed by atoms with Crippen LogP contribution in [0.15, 0.2) is 24.3 Å². The van der Waals surface area contributed by atoms with Crippen LogP contribution in [0.3, 0.4) is 0 Å². The lowest BCUT2D eigenvalue weighted by Crippen LogP contribution is -2.29. The van der Waals surface area contributed by atoms with Crippen molar-refractivity contribution in [3.63, 3.8) is 0 Å². The molecule has 1 aromatic carbocycles. The van der Waals surface area contributed by atoms with Crippen LogP contribution in [0, 0.1) is 0 Å². The van der Waals surface area contributed by atoms with E-state index in [1.54, 1.807) is 6.07 Å². The number of carboxylic acid groups (broad SMARTS) is 1. The Labute approximate surface area is 122 Å². The van der Waals surface area contributed by atoms with Crippen molar-refractivity contribution < 1.29 is 27.9 Å². The highest BCUT2D eigenvalue weighted by Crippen LogP contribution is 2.16. The number of para-hydroxylation sites is 1. The first kappa shape index (κ1) is 16.9. The van der Waals surface area contributed by atoms with E-state index in [0.717, 1.165) is 0 Å². The number of methoxy groups -OCH3 is 1. The van der Waals surface area contributed by atoms with Crippen molar-refractivity contribution in [2.45, 2.75) is 0 Å². The molecule has 0 spiro atoms. The van der Waals surface area contributed by atoms with Gasteiger partial charge in [0.1, 0.15) is 0 Å². The third-order valence-corrected chi connectivity index (χ3v) is 3.50. The topological polar surface area (TPSA) is 122 Å². The van der Waals surface area contributed by atoms with Crippen LogP contribution in [0.5, 0.6) is 0 Å². The molecule has 0 aliphatic rings. The molecule has 0 aliphatic heterocycles. The number of amides is 1. The van der Waals surface area contributed by atoms with Crippen molar-refractivity contribution in [3.8, 4) is 0 Å². The fourth-order valence-electron chi connectivity index (χ4n) is 1.50. The summed E-state index contributed by atoms with van der Waals surface area (Å²) < 4.78 is 30.1. The molecule has 21 heavy (non-hydrogen) atoms. The monoisotopic (exact) mass is 316 g/mol. The van der Waals surface area contributed by atoms with Gasteiger partial charge in [-0.2, -0.15) is 0 Å². The maximum Gasteiger partial charge on any atom is 0.320 e. The van der Waals surface area contributed by atoms with Crippen molar-refractivity contribution in [1.82, 2.24) is 5.32 Å². The van der Waals surface area contributed by atoms with Gasteiger partial charge in [0, 0.05) is 13.7 Å². The Bertz CT molecular complexity index is 614. The van der Waals surface area contributed by atoms with Gasteiger partial charge in [-0.05, 0) is 12.1 Å². The predicted octanol–water partition coefficient (Wildman–Crippen LogP) is -0.111. The first-order chi connectivity index (χ1) is 9.85. The van der Waals surface area contributed by atoms with E-state index < -0.39 is 27.7 Å². The van der Waals surface area contributed by atoms with E-state index in [2.05, 4.69) is 10.0 Å². The lowest BCUT2D eigenvalue weighted by Gasteiger charge is -2.11. The van der Waals surface area contributed by atoms with E-state index in [4.69, 9.17) is 9.84 Å². The molecule has 1 rings (SSSR count). The van der Waals surface area contributed by atoms with Crippen molar-refractivity contribution in [3.05, 3.63) is 29.8 Å². The fourth-order valence-corrected chi connectivity index (χ4v) is 2.41. The number of hydrogen-bond acceptors (Lipinski definition) is 5. The molecule has 0 saturated heterocycles. The average Bonchev–Trinajstić information content (AvgIpc) is 2.37. The van der Waals surface area contributed by atoms with Gasteiger partial charge < -0.3 is 15.2 Å². The molecular weight excluding hydrogens is 300 g/mol. The molecule has 0 fully saturated rings. The standard InChI is InChI=1S/C12H16N2O6S/c1-20-7-6-13-12(17)9-4-2-3-5-10(9)14-21(18,19)8-11(15)16/h2-5,14H,6-8H2,1H3,(H,13,17)(H,15,16). The maximum absolute atomic E-state index is 11.9. The first-order valence-electron chi connectivity index (χ1n) is 5.94. The van der Waals surface area contributed by atoms with Gasteiger partial charge in [0.25, 0.3) is 5.91 Å². The average molecular weight is 316 g/mol. The largest absolute Gasteiger partial charge is 0.480 e. The molecule has 9 heteroatoms. The summed E-state index contributed by atoms with van der Waals surface area (Å²) in [4.78, 5) is 22.4. The van der Waals surface area contributed by atoms with Gasteiger partial charge in [0.2, 0.25) is 10.0 Å². The highest BCUT2D eigenvalue weighted by molar-refractivity contribution is 7.93. The van der Waals surface area contributed by atoms with Crippen molar-refractivity contribution >= 4 is 27.6 Å². The Hall–Kier alpha value is -2.13. The van der Waals surface area contributed by atoms with E-state index in [1.807, 2.05) is 0 Å². The molecular formula is C12H16N2O6S. The Kier molecular flexibility index (Phi) is 6.12. The Morgan fingerprint density at radius 2 is 1.95 bits per heavy atom. The van der Waals surface area contributed by atoms with Crippen molar-refractivity contribution in [2.24, 2.45) is 0 Å². The van der Waals surface area contributed by atoms with Crippen LogP contribution in [-0.4, -0.2) is 51.4 Å². The summed E-state index contributed by atoms with van der Waals surface area (Å²) in [5.41, 5.74) is 0.122. The second kappa shape index (κ2) is 7.60. The number of ether oxygens (including phenoxy) is 1. The number of hydrogen-bond donors (Lipinski definition) is 3. The molecule has 3 N–H and O–H groups in total. The predicted molar refractivity (Wildman–Crippen MR) is 75.7 cm³/mol. The minimum atomic E-state index is -4.07. The number of nitrogens with one attached hydrogen (secondary N) is 2. The van der Waals surface area contributed by atoms with Crippen LogP contribution in [0.2, 0.25) is 0 Å². The second-order valence-corrected chi connectivity index (χ2v) is 5.77. The summed E-state index contributed by atoms with van der Waals surface area (Å²) in [6.07, 6.45) is 0. The zero-order valence-corrected chi connectivity index (χ0v) is 12.1. The molecule has 0 radical (unpaired) electrons. The van der Waals surface area contributed by atoms with Crippen LogP contribution in [-0.2, 0) is 19.6 Å². The number of aliphatic carboxylic acids is 1. The SMILES string of the molecule is COCCNC(=O)c1ccccc1NS(=O)(=O)CC(=O)O. The summed E-state index contributed by atoms with van der Waals surface area (Å²) in [6.45, 7) is 0.587. The number of benzene rings is 1. The minimum absolute atomic E-state index is 0.0219. The number of sulfonamides is 1. The number of carbonyl (C=O) groups is 2. The summed E-state index contributed by atoms with van der Waals surface area (Å²) in [7, 11) is -2.58. The summed E-state index contributed by atoms with van der Waals surface area (Å²) in [6, 6.07) is 5.91. The van der Waals surface area contributed by atoms with Crippen LogP contribution in [0.25, 0.3) is 0 Å². The molecule has 0 aromatic heterocycles. The zero-order chi connectivity index (χ0) is 15.9. The second-order valence-electron chi connectivity index (χ2n) is 4.05. The highest BCUT2D eigenvalue weighted by Gasteiger charge is 2.19. The maximum atomic E-state index is 11.9. The first-order valence-corrected chi connectivity index (χ1v) is 7.59. The summed E-state index contributed by atoms with van der Waals surface area (Å²) >= 11 is 0. The van der Waals surface area contributed by atoms with Gasteiger partial charge in [0.15, 0.2) is 5.75 Å². The van der Waals surface area contributed by atoms with E-state index in [0.29, 0.717) is 6.61 Å². The minimum Gasteiger partial charge on any atom is -0.480 e. The third kappa shape index (κ3) is 5.79. The van der Waals surface area contributed by atoms with Crippen LogP contribution in [0.4, 0.5) is 5.69 Å². The van der Waals surface area contributed by atoms with E-state index in [-0.39, 0.29) is 17.8 Å². The lowest BCUT2D eigenvalue weighted by atomic mass is 10.2. The fraction of sp³-hybridized carbons (Fsp3) is 0.333. The van der Waals surface area contributed by atoms with Gasteiger partial charge in [-0.1, -0.05) is 12.1 Å². The smallest absolute Gasteiger partial charge is 0.320 e. The van der Waals surface area contributed by atoms with Crippen molar-refractivity contribution in [2.75, 3.05) is 30.7 Å². The van der Waals surface area contributed by atoms with Crippen molar-refractivity contribution in [1.29, 1.82) is 0 Å². The van der Waals surface area contributed by atoms with Crippen LogP contribution < -0.4 is 10.0 Å². The van der Waals surface area contributed by atoms with Crippen LogP contribution >= 0.6 is 0 Å². The number of rotatable bonds is 8. The molecule has 1 aromatic rings. The van der Waals surface area contributed by atoms with E-state index >= 15 is 0 Å². The number of carbonyl (C=O) groups excluding carboxylic acids is 1. The molecule has 0 unspecified atom stereocenters. The Morgan fingerprint density at radius 1 is 1.29 bits per heavy atom. The highest BCUT2D eigenvalue weighted by atomic mass is 32.2. The number of anilines is 1. The van der Waals surface area contributed by atoms with E-state index in [1.165, 1.54) is 25.3 Å². The summed E-state index contributed by atoms with van der Waals surface area (Å²) in [5, 5.41) is 11.1. The zero-order valence-electron chi connectivity index (χ0n) is 11.3. The molecule has 0 bridgehead atoms. The Balaban J connectivity index is 2.89. The van der Waals surface area contributed by atoms with Crippen LogP contribution in [0.1, 0.15) is 10.4 Å². The molecule has 0 atom stereocenters. The van der Waals surface area contributed by atoms with Gasteiger partial charge >= 0.3 is 5.97 Å². The molecule has 1 amide bonds. The molecule has 8 nitrogen and oxygen atoms in total. The molecule has 116 valence electrons. The van der Waals surface area contributed by atoms with Gasteiger partial charge in [-0.3, -0.25) is 14.3 Å². The van der Waals surface area contributed by atoms with Gasteiger partial charge in [-0.25, -0.2) is 8.42 Å². The van der Waals surface area contributed by atoms with Gasteiger partial charge in [0.05, 0.1) is 17.9 Å². The van der Waals surface area contributed by atoms with Gasteiger partial charge in [-0.15, -0.1) is 0 Å².